The van der Waals surface area contributed by atoms with Crippen molar-refractivity contribution in [3.8, 4) is 5.75 Å². The lowest BCUT2D eigenvalue weighted by atomic mass is 10.3. The van der Waals surface area contributed by atoms with Crippen LogP contribution in [0.5, 0.6) is 5.75 Å². The number of anilines is 1. The highest BCUT2D eigenvalue weighted by Gasteiger charge is 2.14. The van der Waals surface area contributed by atoms with E-state index in [-0.39, 0.29) is 0 Å². The summed E-state index contributed by atoms with van der Waals surface area (Å²) in [5.41, 5.74) is 5.83. The van der Waals surface area contributed by atoms with Gasteiger partial charge >= 0.3 is 6.03 Å². The molecule has 0 saturated carbocycles. The van der Waals surface area contributed by atoms with Crippen LogP contribution in [0.3, 0.4) is 0 Å². The quantitative estimate of drug-likeness (QED) is 0.818. The third-order valence-electron chi connectivity index (χ3n) is 2.04. The maximum Gasteiger partial charge on any atom is 0.352 e. The predicted molar refractivity (Wildman–Crippen MR) is 63.4 cm³/mol. The number of para-hydroxylation sites is 1. The normalized spacial score (nSPS) is 9.65. The molecule has 1 aromatic heterocycles. The molecule has 0 aliphatic heterocycles. The second-order valence-corrected chi connectivity index (χ2v) is 3.24. The molecule has 0 aliphatic rings. The van der Waals surface area contributed by atoms with Gasteiger partial charge in [0, 0.05) is 24.5 Å². The Labute approximate surface area is 98.4 Å². The number of aromatic nitrogens is 1. The summed E-state index contributed by atoms with van der Waals surface area (Å²) in [4.78, 5) is 20.5. The maximum absolute atomic E-state index is 11.3. The van der Waals surface area contributed by atoms with Crippen molar-refractivity contribution in [1.82, 2.24) is 4.98 Å². The molecule has 0 atom stereocenters. The highest BCUT2D eigenvalue weighted by atomic mass is 16.7. The van der Waals surface area contributed by atoms with E-state index in [4.69, 9.17) is 10.6 Å². The summed E-state index contributed by atoms with van der Waals surface area (Å²) >= 11 is 0. The Bertz CT molecular complexity index is 488. The third-order valence-corrected chi connectivity index (χ3v) is 2.04. The number of benzene rings is 1. The predicted octanol–water partition coefficient (Wildman–Crippen LogP) is 1.96. The van der Waals surface area contributed by atoms with Crippen LogP contribution in [-0.4, -0.2) is 11.0 Å². The van der Waals surface area contributed by atoms with Crippen molar-refractivity contribution in [2.24, 2.45) is 5.73 Å². The zero-order valence-electron chi connectivity index (χ0n) is 8.98. The molecule has 1 aromatic carbocycles. The van der Waals surface area contributed by atoms with E-state index in [0.717, 1.165) is 5.06 Å². The first-order valence-electron chi connectivity index (χ1n) is 5.00. The van der Waals surface area contributed by atoms with Gasteiger partial charge in [-0.15, -0.1) is 5.06 Å². The summed E-state index contributed by atoms with van der Waals surface area (Å²) in [6, 6.07) is 11.5. The van der Waals surface area contributed by atoms with E-state index in [0.29, 0.717) is 11.4 Å². The molecule has 2 N–H and O–H groups in total. The van der Waals surface area contributed by atoms with Crippen molar-refractivity contribution < 1.29 is 9.63 Å². The van der Waals surface area contributed by atoms with Crippen LogP contribution >= 0.6 is 0 Å². The summed E-state index contributed by atoms with van der Waals surface area (Å²) < 4.78 is 0. The van der Waals surface area contributed by atoms with Crippen molar-refractivity contribution in [3.63, 3.8) is 0 Å². The number of nitrogens with two attached hydrogens (primary N) is 1. The number of pyridine rings is 1. The molecular weight excluding hydrogens is 218 g/mol. The fourth-order valence-electron chi connectivity index (χ4n) is 1.29. The summed E-state index contributed by atoms with van der Waals surface area (Å²) in [5.74, 6) is 0.489. The summed E-state index contributed by atoms with van der Waals surface area (Å²) in [6.45, 7) is 0. The zero-order chi connectivity index (χ0) is 12.1. The maximum atomic E-state index is 11.3. The van der Waals surface area contributed by atoms with Crippen LogP contribution < -0.4 is 15.6 Å². The molecular formula is C12H11N3O2. The van der Waals surface area contributed by atoms with Crippen LogP contribution in [0, 0.1) is 0 Å². The van der Waals surface area contributed by atoms with Crippen molar-refractivity contribution in [2.75, 3.05) is 5.06 Å². The van der Waals surface area contributed by atoms with Crippen molar-refractivity contribution in [2.45, 2.75) is 0 Å². The van der Waals surface area contributed by atoms with Crippen LogP contribution in [0.15, 0.2) is 54.9 Å². The molecule has 0 spiro atoms. The van der Waals surface area contributed by atoms with Crippen LogP contribution in [0.25, 0.3) is 0 Å². The molecule has 0 saturated heterocycles. The Morgan fingerprint density at radius 3 is 2.35 bits per heavy atom. The van der Waals surface area contributed by atoms with E-state index < -0.39 is 6.03 Å². The highest BCUT2D eigenvalue weighted by Crippen LogP contribution is 2.17. The molecule has 17 heavy (non-hydrogen) atoms. The zero-order valence-corrected chi connectivity index (χ0v) is 8.98. The van der Waals surface area contributed by atoms with Gasteiger partial charge in [0.1, 0.15) is 0 Å². The van der Waals surface area contributed by atoms with Gasteiger partial charge in [0.15, 0.2) is 5.75 Å². The van der Waals surface area contributed by atoms with Gasteiger partial charge in [0.05, 0.1) is 5.69 Å². The molecule has 0 aliphatic carbocycles. The number of hydrogen-bond acceptors (Lipinski definition) is 3. The Kier molecular flexibility index (Phi) is 3.20. The molecule has 0 fully saturated rings. The van der Waals surface area contributed by atoms with Gasteiger partial charge < -0.3 is 10.6 Å². The number of urea groups is 1. The molecule has 2 aromatic rings. The van der Waals surface area contributed by atoms with Gasteiger partial charge in [-0.05, 0) is 12.1 Å². The van der Waals surface area contributed by atoms with Crippen molar-refractivity contribution in [3.05, 3.63) is 54.9 Å². The Morgan fingerprint density at radius 1 is 1.12 bits per heavy atom. The van der Waals surface area contributed by atoms with E-state index in [1.54, 1.807) is 48.8 Å². The second kappa shape index (κ2) is 4.98. The van der Waals surface area contributed by atoms with E-state index >= 15 is 0 Å². The number of hydrogen-bond donors (Lipinski definition) is 1. The number of rotatable bonds is 3. The molecule has 5 nitrogen and oxygen atoms in total. The lowest BCUT2D eigenvalue weighted by Gasteiger charge is -2.19. The summed E-state index contributed by atoms with van der Waals surface area (Å²) in [7, 11) is 0. The fraction of sp³-hybridized carbons (Fsp3) is 0. The van der Waals surface area contributed by atoms with E-state index in [1.165, 1.54) is 0 Å². The molecule has 0 bridgehead atoms. The van der Waals surface area contributed by atoms with E-state index in [9.17, 15) is 4.79 Å². The fourth-order valence-corrected chi connectivity index (χ4v) is 1.29. The molecule has 5 heteroatoms. The minimum Gasteiger partial charge on any atom is -0.370 e. The number of nitrogens with zero attached hydrogens (tertiary/aromatic N) is 2. The van der Waals surface area contributed by atoms with Crippen LogP contribution in [0.2, 0.25) is 0 Å². The number of primary amides is 1. The average Bonchev–Trinajstić information content (AvgIpc) is 2.38. The largest absolute Gasteiger partial charge is 0.370 e. The van der Waals surface area contributed by atoms with Crippen LogP contribution in [-0.2, 0) is 0 Å². The Morgan fingerprint density at radius 2 is 1.76 bits per heavy atom. The van der Waals surface area contributed by atoms with Gasteiger partial charge in [-0.3, -0.25) is 4.98 Å². The minimum absolute atomic E-state index is 0.489. The topological polar surface area (TPSA) is 68.5 Å². The molecule has 0 radical (unpaired) electrons. The van der Waals surface area contributed by atoms with Gasteiger partial charge in [0.25, 0.3) is 0 Å². The highest BCUT2D eigenvalue weighted by molar-refractivity contribution is 5.88. The third kappa shape index (κ3) is 2.72. The lowest BCUT2D eigenvalue weighted by Crippen LogP contribution is -2.38. The van der Waals surface area contributed by atoms with Crippen molar-refractivity contribution >= 4 is 11.7 Å². The van der Waals surface area contributed by atoms with Gasteiger partial charge in [0.2, 0.25) is 0 Å². The standard InChI is InChI=1S/C12H11N3O2/c13-12(16)15(10-4-2-1-3-5-10)17-11-6-8-14-9-7-11/h1-9H,(H2,13,16). The van der Waals surface area contributed by atoms with Crippen LogP contribution in [0.1, 0.15) is 0 Å². The Balaban J connectivity index is 2.23. The number of carbonyl (C=O) groups is 1. The molecule has 0 unspecified atom stereocenters. The number of amides is 2. The van der Waals surface area contributed by atoms with E-state index in [1.807, 2.05) is 6.07 Å². The van der Waals surface area contributed by atoms with Gasteiger partial charge in [-0.2, -0.15) is 0 Å². The average molecular weight is 229 g/mol. The summed E-state index contributed by atoms with van der Waals surface area (Å²) in [5, 5.41) is 1.02. The summed E-state index contributed by atoms with van der Waals surface area (Å²) in [6.07, 6.45) is 3.14. The van der Waals surface area contributed by atoms with Crippen molar-refractivity contribution in [1.29, 1.82) is 0 Å². The first kappa shape index (κ1) is 10.9. The van der Waals surface area contributed by atoms with E-state index in [2.05, 4.69) is 4.98 Å². The first-order chi connectivity index (χ1) is 8.27. The molecule has 1 heterocycles. The Hall–Kier alpha value is -2.56. The first-order valence-corrected chi connectivity index (χ1v) is 5.00. The molecule has 86 valence electrons. The molecule has 2 amide bonds. The van der Waals surface area contributed by atoms with Gasteiger partial charge in [-0.1, -0.05) is 18.2 Å². The molecule has 2 rings (SSSR count). The SMILES string of the molecule is NC(=O)N(Oc1ccncc1)c1ccccc1. The smallest absolute Gasteiger partial charge is 0.352 e. The van der Waals surface area contributed by atoms with Gasteiger partial charge in [-0.25, -0.2) is 4.79 Å². The minimum atomic E-state index is -0.687. The number of carbonyl (C=O) groups excluding carboxylic acids is 1. The number of hydroxylamine groups is 1. The monoisotopic (exact) mass is 229 g/mol. The second-order valence-electron chi connectivity index (χ2n) is 3.24. The van der Waals surface area contributed by atoms with Crippen LogP contribution in [0.4, 0.5) is 10.5 Å². The lowest BCUT2D eigenvalue weighted by molar-refractivity contribution is 0.221.